The molecule has 0 fully saturated rings. The second kappa shape index (κ2) is 6.93. The molecule has 1 atom stereocenters. The number of carbonyl (C=O) groups is 2. The van der Waals surface area contributed by atoms with Crippen LogP contribution in [-0.2, 0) is 16.0 Å². The van der Waals surface area contributed by atoms with Gasteiger partial charge in [0.1, 0.15) is 17.6 Å². The first-order valence-corrected chi connectivity index (χ1v) is 6.42. The van der Waals surface area contributed by atoms with E-state index in [0.717, 1.165) is 5.56 Å². The standard InChI is InChI=1S/C15H21NO4/c1-15(2,3)20-14(18)16-12(10-17)8-11-6-5-7-13(9-11)19-4/h5-7,9-10,12H,8H2,1-4H3,(H,16,18). The lowest BCUT2D eigenvalue weighted by molar-refractivity contribution is -0.109. The van der Waals surface area contributed by atoms with E-state index in [2.05, 4.69) is 5.32 Å². The predicted octanol–water partition coefficient (Wildman–Crippen LogP) is 2.33. The fourth-order valence-electron chi connectivity index (χ4n) is 1.65. The number of ether oxygens (including phenoxy) is 2. The molecule has 1 N–H and O–H groups in total. The summed E-state index contributed by atoms with van der Waals surface area (Å²) < 4.78 is 10.2. The van der Waals surface area contributed by atoms with E-state index >= 15 is 0 Å². The molecular weight excluding hydrogens is 258 g/mol. The predicted molar refractivity (Wildman–Crippen MR) is 75.9 cm³/mol. The Morgan fingerprint density at radius 3 is 2.65 bits per heavy atom. The zero-order chi connectivity index (χ0) is 15.2. The van der Waals surface area contributed by atoms with E-state index in [1.54, 1.807) is 27.9 Å². The van der Waals surface area contributed by atoms with E-state index in [9.17, 15) is 9.59 Å². The van der Waals surface area contributed by atoms with Crippen molar-refractivity contribution in [3.8, 4) is 5.75 Å². The Balaban J connectivity index is 2.63. The quantitative estimate of drug-likeness (QED) is 0.840. The molecule has 1 aromatic carbocycles. The van der Waals surface area contributed by atoms with Gasteiger partial charge in [-0.3, -0.25) is 0 Å². The lowest BCUT2D eigenvalue weighted by atomic mass is 10.1. The number of aldehydes is 1. The Kier molecular flexibility index (Phi) is 5.55. The van der Waals surface area contributed by atoms with Gasteiger partial charge in [0.2, 0.25) is 0 Å². The molecule has 0 saturated carbocycles. The van der Waals surface area contributed by atoms with Gasteiger partial charge in [-0.1, -0.05) is 12.1 Å². The zero-order valence-electron chi connectivity index (χ0n) is 12.3. The lowest BCUT2D eigenvalue weighted by Crippen LogP contribution is -2.41. The van der Waals surface area contributed by atoms with Gasteiger partial charge in [-0.15, -0.1) is 0 Å². The van der Waals surface area contributed by atoms with Gasteiger partial charge in [-0.2, -0.15) is 0 Å². The molecule has 5 nitrogen and oxygen atoms in total. The number of hydrogen-bond acceptors (Lipinski definition) is 4. The van der Waals surface area contributed by atoms with Gasteiger partial charge in [0, 0.05) is 0 Å². The average molecular weight is 279 g/mol. The Morgan fingerprint density at radius 1 is 1.40 bits per heavy atom. The molecule has 5 heteroatoms. The summed E-state index contributed by atoms with van der Waals surface area (Å²) in [6, 6.07) is 6.73. The minimum absolute atomic E-state index is 0.389. The molecule has 0 bridgehead atoms. The van der Waals surface area contributed by atoms with Gasteiger partial charge >= 0.3 is 6.09 Å². The lowest BCUT2D eigenvalue weighted by Gasteiger charge is -2.21. The fraction of sp³-hybridized carbons (Fsp3) is 0.467. The van der Waals surface area contributed by atoms with Crippen LogP contribution in [0.2, 0.25) is 0 Å². The number of hydrogen-bond donors (Lipinski definition) is 1. The van der Waals surface area contributed by atoms with E-state index < -0.39 is 17.7 Å². The third kappa shape index (κ3) is 5.73. The number of amides is 1. The second-order valence-corrected chi connectivity index (χ2v) is 5.44. The highest BCUT2D eigenvalue weighted by molar-refractivity contribution is 5.73. The van der Waals surface area contributed by atoms with Crippen LogP contribution >= 0.6 is 0 Å². The van der Waals surface area contributed by atoms with Crippen molar-refractivity contribution in [3.05, 3.63) is 29.8 Å². The van der Waals surface area contributed by atoms with Crippen LogP contribution in [0.25, 0.3) is 0 Å². The number of methoxy groups -OCH3 is 1. The van der Waals surface area contributed by atoms with Crippen LogP contribution < -0.4 is 10.1 Å². The molecule has 1 aromatic rings. The molecule has 0 aliphatic heterocycles. The minimum Gasteiger partial charge on any atom is -0.497 e. The largest absolute Gasteiger partial charge is 0.497 e. The molecule has 0 radical (unpaired) electrons. The van der Waals surface area contributed by atoms with Crippen LogP contribution in [0.1, 0.15) is 26.3 Å². The van der Waals surface area contributed by atoms with Crippen molar-refractivity contribution < 1.29 is 19.1 Å². The van der Waals surface area contributed by atoms with Crippen molar-refractivity contribution >= 4 is 12.4 Å². The third-order valence-electron chi connectivity index (χ3n) is 2.46. The average Bonchev–Trinajstić information content (AvgIpc) is 2.36. The topological polar surface area (TPSA) is 64.6 Å². The summed E-state index contributed by atoms with van der Waals surface area (Å²) >= 11 is 0. The molecule has 0 spiro atoms. The Bertz CT molecular complexity index is 465. The summed E-state index contributed by atoms with van der Waals surface area (Å²) in [5, 5.41) is 2.54. The molecule has 0 aliphatic carbocycles. The summed E-state index contributed by atoms with van der Waals surface area (Å²) in [7, 11) is 1.58. The van der Waals surface area contributed by atoms with Gasteiger partial charge in [0.25, 0.3) is 0 Å². The van der Waals surface area contributed by atoms with Crippen LogP contribution in [-0.4, -0.2) is 31.1 Å². The molecule has 110 valence electrons. The maximum atomic E-state index is 11.6. The van der Waals surface area contributed by atoms with Crippen LogP contribution in [0.4, 0.5) is 4.79 Å². The first-order chi connectivity index (χ1) is 9.34. The Morgan fingerprint density at radius 2 is 2.10 bits per heavy atom. The number of alkyl carbamates (subject to hydrolysis) is 1. The van der Waals surface area contributed by atoms with Gasteiger partial charge in [-0.25, -0.2) is 4.79 Å². The Labute approximate surface area is 119 Å². The number of carbonyl (C=O) groups excluding carboxylic acids is 2. The molecule has 0 aromatic heterocycles. The van der Waals surface area contributed by atoms with Gasteiger partial charge in [0.15, 0.2) is 0 Å². The maximum Gasteiger partial charge on any atom is 0.408 e. The van der Waals surface area contributed by atoms with Crippen molar-refractivity contribution in [2.24, 2.45) is 0 Å². The molecular formula is C15H21NO4. The number of rotatable bonds is 5. The van der Waals surface area contributed by atoms with Crippen LogP contribution in [0.5, 0.6) is 5.75 Å². The van der Waals surface area contributed by atoms with E-state index in [4.69, 9.17) is 9.47 Å². The van der Waals surface area contributed by atoms with Gasteiger partial charge in [0.05, 0.1) is 13.2 Å². The zero-order valence-corrected chi connectivity index (χ0v) is 12.3. The van der Waals surface area contributed by atoms with Crippen molar-refractivity contribution in [2.75, 3.05) is 7.11 Å². The number of benzene rings is 1. The van der Waals surface area contributed by atoms with Crippen molar-refractivity contribution in [1.82, 2.24) is 5.32 Å². The monoisotopic (exact) mass is 279 g/mol. The molecule has 1 amide bonds. The smallest absolute Gasteiger partial charge is 0.408 e. The molecule has 1 rings (SSSR count). The van der Waals surface area contributed by atoms with Crippen LogP contribution in [0.15, 0.2) is 24.3 Å². The summed E-state index contributed by atoms with van der Waals surface area (Å²) in [6.07, 6.45) is 0.487. The summed E-state index contributed by atoms with van der Waals surface area (Å²) in [4.78, 5) is 22.7. The highest BCUT2D eigenvalue weighted by Crippen LogP contribution is 2.14. The summed E-state index contributed by atoms with van der Waals surface area (Å²) in [5.74, 6) is 0.712. The first kappa shape index (κ1) is 16.0. The first-order valence-electron chi connectivity index (χ1n) is 6.42. The van der Waals surface area contributed by atoms with Crippen LogP contribution in [0, 0.1) is 0 Å². The van der Waals surface area contributed by atoms with E-state index in [1.807, 2.05) is 24.3 Å². The fourth-order valence-corrected chi connectivity index (χ4v) is 1.65. The van der Waals surface area contributed by atoms with E-state index in [-0.39, 0.29) is 0 Å². The highest BCUT2D eigenvalue weighted by atomic mass is 16.6. The van der Waals surface area contributed by atoms with Crippen molar-refractivity contribution in [3.63, 3.8) is 0 Å². The Hall–Kier alpha value is -2.04. The maximum absolute atomic E-state index is 11.6. The van der Waals surface area contributed by atoms with Gasteiger partial charge < -0.3 is 19.6 Å². The van der Waals surface area contributed by atoms with E-state index in [1.165, 1.54) is 0 Å². The summed E-state index contributed by atoms with van der Waals surface area (Å²) in [6.45, 7) is 5.31. The molecule has 1 unspecified atom stereocenters. The van der Waals surface area contributed by atoms with Crippen molar-refractivity contribution in [1.29, 1.82) is 0 Å². The summed E-state index contributed by atoms with van der Waals surface area (Å²) in [5.41, 5.74) is 0.311. The van der Waals surface area contributed by atoms with Gasteiger partial charge in [-0.05, 0) is 44.9 Å². The third-order valence-corrected chi connectivity index (χ3v) is 2.46. The SMILES string of the molecule is COc1cccc(CC(C=O)NC(=O)OC(C)(C)C)c1. The van der Waals surface area contributed by atoms with Crippen molar-refractivity contribution in [2.45, 2.75) is 38.8 Å². The second-order valence-electron chi connectivity index (χ2n) is 5.44. The minimum atomic E-state index is -0.628. The van der Waals surface area contributed by atoms with E-state index in [0.29, 0.717) is 18.5 Å². The molecule has 0 heterocycles. The molecule has 0 saturated heterocycles. The highest BCUT2D eigenvalue weighted by Gasteiger charge is 2.19. The normalized spacial score (nSPS) is 12.4. The number of nitrogens with one attached hydrogen (secondary N) is 1. The molecule has 20 heavy (non-hydrogen) atoms. The van der Waals surface area contributed by atoms with Crippen LogP contribution in [0.3, 0.4) is 0 Å². The molecule has 0 aliphatic rings.